The van der Waals surface area contributed by atoms with Crippen LogP contribution in [0.15, 0.2) is 128 Å². The van der Waals surface area contributed by atoms with Crippen LogP contribution in [0.4, 0.5) is 0 Å². The third-order valence-electron chi connectivity index (χ3n) is 8.35. The molecule has 1 saturated carbocycles. The molecule has 0 unspecified atom stereocenters. The van der Waals surface area contributed by atoms with Gasteiger partial charge in [-0.25, -0.2) is 4.79 Å². The molecule has 4 atom stereocenters. The molecule has 2 aliphatic rings. The lowest BCUT2D eigenvalue weighted by molar-refractivity contribution is -0.00709. The van der Waals surface area contributed by atoms with Crippen LogP contribution in [0.3, 0.4) is 0 Å². The minimum atomic E-state index is -3.23. The summed E-state index contributed by atoms with van der Waals surface area (Å²) >= 11 is 0. The van der Waals surface area contributed by atoms with Crippen molar-refractivity contribution in [3.05, 3.63) is 144 Å². The van der Waals surface area contributed by atoms with Crippen molar-refractivity contribution in [1.29, 1.82) is 0 Å². The molecular formula is C35H31NO6Si. The van der Waals surface area contributed by atoms with E-state index < -0.39 is 50.3 Å². The average Bonchev–Trinajstić information content (AvgIpc) is 3.50. The van der Waals surface area contributed by atoms with Crippen molar-refractivity contribution < 1.29 is 28.7 Å². The number of hydrogen-bond donors (Lipinski definition) is 1. The molecule has 7 nitrogen and oxygen atoms in total. The Morgan fingerprint density at radius 2 is 1.30 bits per heavy atom. The number of benzene rings is 4. The van der Waals surface area contributed by atoms with E-state index in [1.807, 2.05) is 66.4 Å². The van der Waals surface area contributed by atoms with Gasteiger partial charge in [0.05, 0.1) is 41.5 Å². The fourth-order valence-electron chi connectivity index (χ4n) is 6.17. The molecule has 1 heterocycles. The summed E-state index contributed by atoms with van der Waals surface area (Å²) in [5.41, 5.74) is 2.84. The van der Waals surface area contributed by atoms with E-state index in [1.165, 1.54) is 4.90 Å². The van der Waals surface area contributed by atoms with Gasteiger partial charge in [-0.3, -0.25) is 14.5 Å². The molecule has 1 aliphatic heterocycles. The highest BCUT2D eigenvalue weighted by molar-refractivity contribution is 7.01. The molecule has 0 radical (unpaired) electrons. The van der Waals surface area contributed by atoms with E-state index in [1.54, 1.807) is 54.6 Å². The van der Waals surface area contributed by atoms with Gasteiger partial charge in [0.1, 0.15) is 0 Å². The number of ether oxygens (including phenoxy) is 1. The molecular weight excluding hydrogens is 558 g/mol. The largest absolute Gasteiger partial charge is 0.462 e. The number of esters is 1. The van der Waals surface area contributed by atoms with E-state index >= 15 is 0 Å². The molecule has 4 aromatic carbocycles. The molecule has 216 valence electrons. The first-order valence-corrected chi connectivity index (χ1v) is 16.2. The second-order valence-electron chi connectivity index (χ2n) is 10.8. The van der Waals surface area contributed by atoms with Crippen molar-refractivity contribution in [1.82, 2.24) is 4.90 Å². The number of nitrogens with zero attached hydrogens (tertiary/aromatic N) is 1. The van der Waals surface area contributed by atoms with Gasteiger partial charge in [-0.1, -0.05) is 96.7 Å². The highest BCUT2D eigenvalue weighted by Crippen LogP contribution is 2.38. The van der Waals surface area contributed by atoms with Crippen LogP contribution in [0.5, 0.6) is 0 Å². The lowest BCUT2D eigenvalue weighted by atomic mass is 10.1. The van der Waals surface area contributed by atoms with Crippen molar-refractivity contribution >= 4 is 36.5 Å². The number of carbonyl (C=O) groups is 3. The van der Waals surface area contributed by atoms with Crippen LogP contribution in [0.1, 0.15) is 37.5 Å². The molecule has 1 fully saturated rings. The number of hydrogen-bond acceptors (Lipinski definition) is 6. The quantitative estimate of drug-likeness (QED) is 0.182. The summed E-state index contributed by atoms with van der Waals surface area (Å²) in [6.07, 6.45) is -1.91. The van der Waals surface area contributed by atoms with Crippen LogP contribution >= 0.6 is 0 Å². The average molecular weight is 590 g/mol. The van der Waals surface area contributed by atoms with E-state index in [9.17, 15) is 19.5 Å². The Morgan fingerprint density at radius 3 is 1.81 bits per heavy atom. The zero-order valence-electron chi connectivity index (χ0n) is 23.4. The number of aliphatic hydroxyl groups excluding tert-OH is 1. The normalized spacial score (nSPS) is 21.5. The van der Waals surface area contributed by atoms with Gasteiger partial charge < -0.3 is 14.3 Å². The van der Waals surface area contributed by atoms with E-state index in [0.717, 1.165) is 10.4 Å². The maximum atomic E-state index is 13.7. The highest BCUT2D eigenvalue weighted by atomic mass is 28.4. The minimum absolute atomic E-state index is 0.103. The third-order valence-corrected chi connectivity index (χ3v) is 12.0. The number of imide groups is 1. The first-order valence-electron chi connectivity index (χ1n) is 14.2. The Labute approximate surface area is 251 Å². The van der Waals surface area contributed by atoms with Gasteiger partial charge in [-0.15, -0.1) is 6.58 Å². The molecule has 1 N–H and O–H groups in total. The smallest absolute Gasteiger partial charge is 0.338 e. The van der Waals surface area contributed by atoms with Crippen LogP contribution in [-0.2, 0) is 9.16 Å². The summed E-state index contributed by atoms with van der Waals surface area (Å²) in [5, 5.41) is 13.6. The number of rotatable bonds is 9. The van der Waals surface area contributed by atoms with E-state index in [4.69, 9.17) is 9.16 Å². The summed E-state index contributed by atoms with van der Waals surface area (Å²) in [6.45, 7) is 4.08. The van der Waals surface area contributed by atoms with Gasteiger partial charge in [-0.05, 0) is 41.1 Å². The molecule has 1 aliphatic carbocycles. The molecule has 43 heavy (non-hydrogen) atoms. The molecule has 0 saturated heterocycles. The molecule has 2 amide bonds. The summed E-state index contributed by atoms with van der Waals surface area (Å²) in [4.78, 5) is 41.3. The lowest BCUT2D eigenvalue weighted by Gasteiger charge is -2.37. The van der Waals surface area contributed by atoms with Crippen LogP contribution in [0.2, 0.25) is 0 Å². The zero-order valence-corrected chi connectivity index (χ0v) is 24.4. The van der Waals surface area contributed by atoms with Crippen molar-refractivity contribution in [2.45, 2.75) is 24.7 Å². The van der Waals surface area contributed by atoms with Gasteiger partial charge in [-0.2, -0.15) is 0 Å². The first kappa shape index (κ1) is 28.5. The van der Waals surface area contributed by atoms with E-state index in [-0.39, 0.29) is 13.0 Å². The van der Waals surface area contributed by atoms with Gasteiger partial charge >= 0.3 is 5.97 Å². The van der Waals surface area contributed by atoms with Crippen LogP contribution in [-0.4, -0.2) is 61.0 Å². The Morgan fingerprint density at radius 1 is 0.814 bits per heavy atom. The Hall–Kier alpha value is -4.63. The minimum Gasteiger partial charge on any atom is -0.462 e. The SMILES string of the molecule is C=C[Si](O[C@@H]1[C@H](O)[C@H](COC(=O)c2ccccc2)C[C@H]1N1C(=O)c2ccccc2C1=O)(c1ccccc1)c1ccccc1. The maximum Gasteiger partial charge on any atom is 0.338 e. The number of carbonyl (C=O) groups excluding carboxylic acids is 3. The third kappa shape index (κ3) is 5.14. The molecule has 8 heteroatoms. The monoisotopic (exact) mass is 589 g/mol. The predicted molar refractivity (Wildman–Crippen MR) is 165 cm³/mol. The van der Waals surface area contributed by atoms with Gasteiger partial charge in [0.25, 0.3) is 20.1 Å². The van der Waals surface area contributed by atoms with Gasteiger partial charge in [0, 0.05) is 5.92 Å². The number of aliphatic hydroxyl groups is 1. The summed E-state index contributed by atoms with van der Waals surface area (Å²) in [6, 6.07) is 33.9. The summed E-state index contributed by atoms with van der Waals surface area (Å²) < 4.78 is 12.7. The predicted octanol–water partition coefficient (Wildman–Crippen LogP) is 3.76. The topological polar surface area (TPSA) is 93.1 Å². The maximum absolute atomic E-state index is 13.7. The van der Waals surface area contributed by atoms with Crippen molar-refractivity contribution in [3.8, 4) is 0 Å². The van der Waals surface area contributed by atoms with Crippen molar-refractivity contribution in [2.24, 2.45) is 5.92 Å². The van der Waals surface area contributed by atoms with Gasteiger partial charge in [0.2, 0.25) is 0 Å². The van der Waals surface area contributed by atoms with Crippen LogP contribution in [0.25, 0.3) is 0 Å². The number of fused-ring (bicyclic) bond motifs is 1. The van der Waals surface area contributed by atoms with Crippen LogP contribution in [0, 0.1) is 5.92 Å². The standard InChI is InChI=1S/C35H31NO6Si/c1-2-43(26-16-8-4-9-17-26,27-18-10-5-11-19-27)42-32-30(36-33(38)28-20-12-13-21-29(28)34(36)39)22-25(31(32)37)23-41-35(40)24-14-6-3-7-15-24/h2-21,25,30-32,37H,1,22-23H2/t25-,30+,31+,32-/m0/s1. The van der Waals surface area contributed by atoms with E-state index in [2.05, 4.69) is 6.58 Å². The van der Waals surface area contributed by atoms with Crippen molar-refractivity contribution in [2.75, 3.05) is 6.61 Å². The fraction of sp³-hybridized carbons (Fsp3) is 0.171. The molecule has 0 spiro atoms. The second-order valence-corrected chi connectivity index (χ2v) is 14.1. The Bertz CT molecular complexity index is 1570. The highest BCUT2D eigenvalue weighted by Gasteiger charge is 2.54. The van der Waals surface area contributed by atoms with E-state index in [0.29, 0.717) is 16.7 Å². The zero-order chi connectivity index (χ0) is 30.0. The van der Waals surface area contributed by atoms with Gasteiger partial charge in [0.15, 0.2) is 0 Å². The molecule has 0 aromatic heterocycles. The summed E-state index contributed by atoms with van der Waals surface area (Å²) in [7, 11) is -3.23. The second kappa shape index (κ2) is 11.9. The first-order chi connectivity index (χ1) is 20.9. The molecule has 4 aromatic rings. The fourth-order valence-corrected chi connectivity index (χ4v) is 9.44. The lowest BCUT2D eigenvalue weighted by Crippen LogP contribution is -2.64. The molecule has 0 bridgehead atoms. The Kier molecular flexibility index (Phi) is 7.90. The number of amides is 2. The molecule has 6 rings (SSSR count). The van der Waals surface area contributed by atoms with Crippen LogP contribution < -0.4 is 10.4 Å². The summed E-state index contributed by atoms with van der Waals surface area (Å²) in [5.74, 6) is -1.97. The Balaban J connectivity index is 1.38. The van der Waals surface area contributed by atoms with Crippen molar-refractivity contribution in [3.63, 3.8) is 0 Å².